The Morgan fingerprint density at radius 1 is 1.11 bits per heavy atom. The number of imide groups is 1. The SMILES string of the molecule is CCNC(=O)NC(=O)COC(=O)c1ccc(C)c(S(=O)(=O)N(CC)CC)c1. The molecule has 0 fully saturated rings. The number of nitrogens with one attached hydrogen (secondary N) is 2. The van der Waals surface area contributed by atoms with Gasteiger partial charge in [-0.1, -0.05) is 19.9 Å². The second kappa shape index (κ2) is 10.0. The van der Waals surface area contributed by atoms with E-state index in [0.717, 1.165) is 0 Å². The molecule has 0 saturated carbocycles. The van der Waals surface area contributed by atoms with Crippen molar-refractivity contribution in [1.82, 2.24) is 14.9 Å². The monoisotopic (exact) mass is 399 g/mol. The standard InChI is InChI=1S/C17H25N3O6S/c1-5-18-17(23)19-15(21)11-26-16(22)13-9-8-12(4)14(10-13)27(24,25)20(6-2)7-3/h8-10H,5-7,11H2,1-4H3,(H2,18,19,21,23). The number of aryl methyl sites for hydroxylation is 1. The van der Waals surface area contributed by atoms with Gasteiger partial charge in [0.25, 0.3) is 5.91 Å². The summed E-state index contributed by atoms with van der Waals surface area (Å²) in [5.74, 6) is -1.66. The maximum Gasteiger partial charge on any atom is 0.338 e. The molecule has 0 heterocycles. The lowest BCUT2D eigenvalue weighted by molar-refractivity contribution is -0.123. The van der Waals surface area contributed by atoms with Crippen LogP contribution in [-0.2, 0) is 19.6 Å². The van der Waals surface area contributed by atoms with Crippen molar-refractivity contribution in [3.05, 3.63) is 29.3 Å². The zero-order valence-electron chi connectivity index (χ0n) is 15.9. The summed E-state index contributed by atoms with van der Waals surface area (Å²) in [6.45, 7) is 7.04. The van der Waals surface area contributed by atoms with Gasteiger partial charge in [-0.15, -0.1) is 0 Å². The van der Waals surface area contributed by atoms with Crippen LogP contribution in [0.2, 0.25) is 0 Å². The highest BCUT2D eigenvalue weighted by Crippen LogP contribution is 2.21. The van der Waals surface area contributed by atoms with E-state index in [0.29, 0.717) is 25.2 Å². The highest BCUT2D eigenvalue weighted by Gasteiger charge is 2.25. The second-order valence-corrected chi connectivity index (χ2v) is 7.46. The van der Waals surface area contributed by atoms with Crippen LogP contribution in [0.1, 0.15) is 36.7 Å². The number of esters is 1. The van der Waals surface area contributed by atoms with Gasteiger partial charge in [0.1, 0.15) is 0 Å². The summed E-state index contributed by atoms with van der Waals surface area (Å²) >= 11 is 0. The molecule has 2 N–H and O–H groups in total. The van der Waals surface area contributed by atoms with Gasteiger partial charge in [0, 0.05) is 19.6 Å². The van der Waals surface area contributed by atoms with Crippen LogP contribution < -0.4 is 10.6 Å². The van der Waals surface area contributed by atoms with Crippen molar-refractivity contribution in [3.8, 4) is 0 Å². The molecule has 3 amide bonds. The number of hydrogen-bond acceptors (Lipinski definition) is 6. The van der Waals surface area contributed by atoms with Crippen LogP contribution in [0.4, 0.5) is 4.79 Å². The fourth-order valence-electron chi connectivity index (χ4n) is 2.29. The number of benzene rings is 1. The normalized spacial score (nSPS) is 11.1. The fraction of sp³-hybridized carbons (Fsp3) is 0.471. The minimum atomic E-state index is -3.75. The van der Waals surface area contributed by atoms with E-state index in [4.69, 9.17) is 4.74 Å². The zero-order valence-corrected chi connectivity index (χ0v) is 16.7. The molecule has 150 valence electrons. The molecule has 0 aliphatic carbocycles. The fourth-order valence-corrected chi connectivity index (χ4v) is 4.00. The van der Waals surface area contributed by atoms with Crippen LogP contribution >= 0.6 is 0 Å². The van der Waals surface area contributed by atoms with Crippen molar-refractivity contribution in [2.24, 2.45) is 0 Å². The first-order chi connectivity index (χ1) is 12.7. The Hall–Kier alpha value is -2.46. The minimum Gasteiger partial charge on any atom is -0.452 e. The van der Waals surface area contributed by atoms with E-state index in [-0.39, 0.29) is 10.5 Å². The van der Waals surface area contributed by atoms with Gasteiger partial charge in [-0.2, -0.15) is 4.31 Å². The summed E-state index contributed by atoms with van der Waals surface area (Å²) in [5, 5.41) is 4.36. The van der Waals surface area contributed by atoms with Crippen LogP contribution in [0.3, 0.4) is 0 Å². The largest absolute Gasteiger partial charge is 0.452 e. The van der Waals surface area contributed by atoms with Gasteiger partial charge in [-0.05, 0) is 31.5 Å². The number of ether oxygens (including phenoxy) is 1. The average molecular weight is 399 g/mol. The quantitative estimate of drug-likeness (QED) is 0.630. The van der Waals surface area contributed by atoms with E-state index in [9.17, 15) is 22.8 Å². The van der Waals surface area contributed by atoms with E-state index < -0.39 is 34.5 Å². The highest BCUT2D eigenvalue weighted by molar-refractivity contribution is 7.89. The molecule has 0 atom stereocenters. The number of carbonyl (C=O) groups is 3. The lowest BCUT2D eigenvalue weighted by Crippen LogP contribution is -2.41. The second-order valence-electron chi connectivity index (χ2n) is 5.55. The van der Waals surface area contributed by atoms with Crippen LogP contribution in [0.5, 0.6) is 0 Å². The van der Waals surface area contributed by atoms with Crippen molar-refractivity contribution in [1.29, 1.82) is 0 Å². The number of carbonyl (C=O) groups excluding carboxylic acids is 3. The number of hydrogen-bond donors (Lipinski definition) is 2. The summed E-state index contributed by atoms with van der Waals surface area (Å²) in [5.41, 5.74) is 0.490. The van der Waals surface area contributed by atoms with Gasteiger partial charge >= 0.3 is 12.0 Å². The number of nitrogens with zero attached hydrogens (tertiary/aromatic N) is 1. The van der Waals surface area contributed by atoms with Crippen LogP contribution in [0.15, 0.2) is 23.1 Å². The molecule has 0 spiro atoms. The first-order valence-electron chi connectivity index (χ1n) is 8.52. The van der Waals surface area contributed by atoms with Crippen molar-refractivity contribution >= 4 is 27.9 Å². The van der Waals surface area contributed by atoms with E-state index in [1.165, 1.54) is 22.5 Å². The highest BCUT2D eigenvalue weighted by atomic mass is 32.2. The molecule has 1 aromatic carbocycles. The zero-order chi connectivity index (χ0) is 20.6. The lowest BCUT2D eigenvalue weighted by Gasteiger charge is -2.20. The molecule has 0 radical (unpaired) electrons. The van der Waals surface area contributed by atoms with Gasteiger partial charge in [0.05, 0.1) is 10.5 Å². The number of amides is 3. The van der Waals surface area contributed by atoms with Crippen LogP contribution in [0, 0.1) is 6.92 Å². The molecule has 0 aliphatic heterocycles. The van der Waals surface area contributed by atoms with Gasteiger partial charge < -0.3 is 10.1 Å². The summed E-state index contributed by atoms with van der Waals surface area (Å²) in [7, 11) is -3.75. The topological polar surface area (TPSA) is 122 Å². The van der Waals surface area contributed by atoms with Crippen molar-refractivity contribution in [2.75, 3.05) is 26.2 Å². The molecule has 0 aromatic heterocycles. The predicted molar refractivity (Wildman–Crippen MR) is 98.8 cm³/mol. The van der Waals surface area contributed by atoms with Gasteiger partial charge in [0.2, 0.25) is 10.0 Å². The number of rotatable bonds is 8. The Morgan fingerprint density at radius 2 is 1.74 bits per heavy atom. The average Bonchev–Trinajstić information content (AvgIpc) is 2.60. The molecule has 0 unspecified atom stereocenters. The summed E-state index contributed by atoms with van der Waals surface area (Å²) in [6.07, 6.45) is 0. The van der Waals surface area contributed by atoms with Crippen LogP contribution in [0.25, 0.3) is 0 Å². The van der Waals surface area contributed by atoms with Gasteiger partial charge in [-0.25, -0.2) is 18.0 Å². The Labute approximate surface area is 159 Å². The Kier molecular flexibility index (Phi) is 8.38. The molecule has 0 saturated heterocycles. The van der Waals surface area contributed by atoms with E-state index in [2.05, 4.69) is 5.32 Å². The van der Waals surface area contributed by atoms with E-state index >= 15 is 0 Å². The first-order valence-corrected chi connectivity index (χ1v) is 9.96. The molecule has 9 nitrogen and oxygen atoms in total. The molecular formula is C17H25N3O6S. The van der Waals surface area contributed by atoms with Gasteiger partial charge in [0.15, 0.2) is 6.61 Å². The summed E-state index contributed by atoms with van der Waals surface area (Å²) < 4.78 is 31.5. The smallest absolute Gasteiger partial charge is 0.338 e. The predicted octanol–water partition coefficient (Wildman–Crippen LogP) is 1.03. The Morgan fingerprint density at radius 3 is 2.30 bits per heavy atom. The van der Waals surface area contributed by atoms with E-state index in [1.54, 1.807) is 27.7 Å². The Balaban J connectivity index is 2.91. The van der Waals surface area contributed by atoms with E-state index in [1.807, 2.05) is 5.32 Å². The third-order valence-corrected chi connectivity index (χ3v) is 5.86. The molecule has 10 heteroatoms. The third kappa shape index (κ3) is 6.04. The van der Waals surface area contributed by atoms with Crippen LogP contribution in [-0.4, -0.2) is 56.9 Å². The minimum absolute atomic E-state index is 0.00265. The maximum absolute atomic E-state index is 12.7. The molecule has 0 aliphatic rings. The summed E-state index contributed by atoms with van der Waals surface area (Å²) in [6, 6.07) is 3.46. The van der Waals surface area contributed by atoms with Crippen molar-refractivity contribution < 1.29 is 27.5 Å². The molecule has 1 rings (SSSR count). The first kappa shape index (κ1) is 22.6. The van der Waals surface area contributed by atoms with Crippen molar-refractivity contribution in [2.45, 2.75) is 32.6 Å². The molecular weight excluding hydrogens is 374 g/mol. The van der Waals surface area contributed by atoms with Gasteiger partial charge in [-0.3, -0.25) is 10.1 Å². The number of urea groups is 1. The van der Waals surface area contributed by atoms with Crippen molar-refractivity contribution in [3.63, 3.8) is 0 Å². The summed E-state index contributed by atoms with van der Waals surface area (Å²) in [4.78, 5) is 34.9. The third-order valence-electron chi connectivity index (χ3n) is 3.67. The lowest BCUT2D eigenvalue weighted by atomic mass is 10.1. The Bertz CT molecular complexity index is 803. The molecule has 1 aromatic rings. The number of sulfonamides is 1. The maximum atomic E-state index is 12.7. The molecule has 27 heavy (non-hydrogen) atoms. The molecule has 0 bridgehead atoms.